The highest BCUT2D eigenvalue weighted by molar-refractivity contribution is 6.14. The Labute approximate surface area is 87.9 Å². The molecule has 0 aliphatic carbocycles. The molecule has 0 radical (unpaired) electrons. The fourth-order valence-corrected chi connectivity index (χ4v) is 1.12. The molecule has 0 rings (SSSR count). The van der Waals surface area contributed by atoms with E-state index in [-0.39, 0.29) is 12.5 Å². The van der Waals surface area contributed by atoms with Gasteiger partial charge in [0.2, 0.25) is 5.91 Å². The average Bonchev–Trinajstić information content (AvgIpc) is 2.02. The summed E-state index contributed by atoms with van der Waals surface area (Å²) < 4.78 is 0. The van der Waals surface area contributed by atoms with E-state index in [2.05, 4.69) is 10.2 Å². The van der Waals surface area contributed by atoms with Crippen LogP contribution in [-0.2, 0) is 9.59 Å². The summed E-state index contributed by atoms with van der Waals surface area (Å²) in [6.07, 6.45) is 0.406. The highest BCUT2D eigenvalue weighted by Gasteiger charge is 2.20. The van der Waals surface area contributed by atoms with Gasteiger partial charge in [-0.1, -0.05) is 13.8 Å². The largest absolute Gasteiger partial charge is 0.480 e. The third-order valence-electron chi connectivity index (χ3n) is 1.57. The molecule has 0 aliphatic rings. The highest BCUT2D eigenvalue weighted by Crippen LogP contribution is 2.04. The second-order valence-corrected chi connectivity index (χ2v) is 3.67. The molecule has 0 aliphatic heterocycles. The Bertz CT molecular complexity index is 209. The van der Waals surface area contributed by atoms with Crippen LogP contribution in [0.1, 0.15) is 20.3 Å². The summed E-state index contributed by atoms with van der Waals surface area (Å²) in [6.45, 7) is 3.69. The fraction of sp³-hybridized carbons (Fsp3) is 0.750. The number of hydrogen-bond acceptors (Lipinski definition) is 3. The lowest BCUT2D eigenvalue weighted by atomic mass is 10.0. The minimum Gasteiger partial charge on any atom is -0.480 e. The van der Waals surface area contributed by atoms with Gasteiger partial charge < -0.3 is 10.4 Å². The van der Waals surface area contributed by atoms with Gasteiger partial charge in [-0.15, -0.1) is 0 Å². The Morgan fingerprint density at radius 2 is 2.00 bits per heavy atom. The first-order valence-corrected chi connectivity index (χ1v) is 4.70. The molecule has 5 nitrogen and oxygen atoms in total. The third-order valence-corrected chi connectivity index (χ3v) is 1.70. The molecule has 0 saturated heterocycles. The van der Waals surface area contributed by atoms with E-state index < -0.39 is 17.9 Å². The van der Waals surface area contributed by atoms with Crippen LogP contribution in [0.25, 0.3) is 0 Å². The van der Waals surface area contributed by atoms with Crippen LogP contribution < -0.4 is 10.2 Å². The van der Waals surface area contributed by atoms with Crippen molar-refractivity contribution in [2.24, 2.45) is 5.92 Å². The summed E-state index contributed by atoms with van der Waals surface area (Å²) >= 11 is 5.11. The zero-order chi connectivity index (χ0) is 11.1. The number of carbonyl (C=O) groups excluding carboxylic acids is 1. The van der Waals surface area contributed by atoms with E-state index in [4.69, 9.17) is 16.9 Å². The van der Waals surface area contributed by atoms with Crippen molar-refractivity contribution in [2.75, 3.05) is 6.54 Å². The highest BCUT2D eigenvalue weighted by atomic mass is 35.5. The quantitative estimate of drug-likeness (QED) is 0.567. The van der Waals surface area contributed by atoms with Crippen molar-refractivity contribution in [3.63, 3.8) is 0 Å². The molecule has 0 fully saturated rings. The second kappa shape index (κ2) is 6.62. The summed E-state index contributed by atoms with van der Waals surface area (Å²) in [7, 11) is 0. The van der Waals surface area contributed by atoms with Gasteiger partial charge in [-0.2, -0.15) is 0 Å². The summed E-state index contributed by atoms with van der Waals surface area (Å²) in [5.41, 5.74) is 0. The van der Waals surface area contributed by atoms with Crippen molar-refractivity contribution in [1.82, 2.24) is 10.2 Å². The number of rotatable bonds is 6. The number of amides is 1. The monoisotopic (exact) mass is 222 g/mol. The van der Waals surface area contributed by atoms with Crippen molar-refractivity contribution in [1.29, 1.82) is 0 Å². The van der Waals surface area contributed by atoms with E-state index in [0.29, 0.717) is 6.42 Å². The Kier molecular flexibility index (Phi) is 6.23. The predicted molar refractivity (Wildman–Crippen MR) is 52.9 cm³/mol. The van der Waals surface area contributed by atoms with Gasteiger partial charge in [-0.3, -0.25) is 4.79 Å². The van der Waals surface area contributed by atoms with Crippen molar-refractivity contribution >= 4 is 23.7 Å². The van der Waals surface area contributed by atoms with Crippen LogP contribution in [0.2, 0.25) is 0 Å². The molecule has 6 heteroatoms. The number of carboxylic acid groups (broad SMARTS) is 1. The zero-order valence-corrected chi connectivity index (χ0v) is 8.97. The van der Waals surface area contributed by atoms with Crippen molar-refractivity contribution in [2.45, 2.75) is 26.3 Å². The average molecular weight is 223 g/mol. The molecular formula is C8H15ClN2O3. The third kappa shape index (κ3) is 5.77. The van der Waals surface area contributed by atoms with Gasteiger partial charge in [0, 0.05) is 0 Å². The Balaban J connectivity index is 4.09. The fourth-order valence-electron chi connectivity index (χ4n) is 0.999. The Morgan fingerprint density at radius 3 is 2.36 bits per heavy atom. The first-order chi connectivity index (χ1) is 6.47. The molecule has 0 aromatic heterocycles. The van der Waals surface area contributed by atoms with Gasteiger partial charge in [0.05, 0.1) is 6.54 Å². The van der Waals surface area contributed by atoms with Gasteiger partial charge in [0.25, 0.3) is 0 Å². The summed E-state index contributed by atoms with van der Waals surface area (Å²) in [4.78, 5) is 23.9. The lowest BCUT2D eigenvalue weighted by Gasteiger charge is -2.15. The predicted octanol–water partition coefficient (Wildman–Crippen LogP) is 0.345. The van der Waals surface area contributed by atoms with Crippen molar-refractivity contribution in [3.8, 4) is 0 Å². The molecule has 14 heavy (non-hydrogen) atoms. The van der Waals surface area contributed by atoms with Gasteiger partial charge in [0.1, 0.15) is 6.04 Å². The molecule has 1 amide bonds. The second-order valence-electron chi connectivity index (χ2n) is 3.40. The topological polar surface area (TPSA) is 78.4 Å². The van der Waals surface area contributed by atoms with E-state index in [0.717, 1.165) is 0 Å². The maximum atomic E-state index is 11.0. The van der Waals surface area contributed by atoms with E-state index in [1.807, 2.05) is 13.8 Å². The molecule has 82 valence electrons. The Morgan fingerprint density at radius 1 is 1.43 bits per heavy atom. The number of hydrogen-bond donors (Lipinski definition) is 3. The minimum atomic E-state index is -1.03. The summed E-state index contributed by atoms with van der Waals surface area (Å²) in [5.74, 6) is -1.24. The van der Waals surface area contributed by atoms with Crippen LogP contribution in [0.15, 0.2) is 0 Å². The summed E-state index contributed by atoms with van der Waals surface area (Å²) in [5, 5.41) is 11.1. The van der Waals surface area contributed by atoms with Crippen LogP contribution in [0.4, 0.5) is 0 Å². The lowest BCUT2D eigenvalue weighted by molar-refractivity contribution is -0.142. The van der Waals surface area contributed by atoms with Gasteiger partial charge in [0.15, 0.2) is 0 Å². The van der Waals surface area contributed by atoms with Gasteiger partial charge >= 0.3 is 5.97 Å². The molecule has 0 bridgehead atoms. The smallest absolute Gasteiger partial charge is 0.326 e. The van der Waals surface area contributed by atoms with Crippen LogP contribution in [0.3, 0.4) is 0 Å². The van der Waals surface area contributed by atoms with Crippen LogP contribution in [-0.4, -0.2) is 29.6 Å². The van der Waals surface area contributed by atoms with Gasteiger partial charge in [-0.05, 0) is 24.1 Å². The SMILES string of the molecule is CC(C)C[C@H](NC(=O)CNCl)C(=O)O. The number of nitrogens with one attached hydrogen (secondary N) is 2. The standard InChI is InChI=1S/C8H15ClN2O3/c1-5(2)3-6(8(13)14)11-7(12)4-10-9/h5-6,10H,3-4H2,1-2H3,(H,11,12)(H,13,14)/t6-/m0/s1. The molecule has 0 unspecified atom stereocenters. The van der Waals surface area contributed by atoms with Crippen LogP contribution in [0, 0.1) is 5.92 Å². The maximum absolute atomic E-state index is 11.0. The normalized spacial score (nSPS) is 12.6. The Hall–Kier alpha value is -0.810. The number of halogens is 1. The van der Waals surface area contributed by atoms with E-state index in [1.54, 1.807) is 0 Å². The van der Waals surface area contributed by atoms with E-state index in [1.165, 1.54) is 0 Å². The zero-order valence-electron chi connectivity index (χ0n) is 8.21. The molecule has 0 heterocycles. The number of aliphatic carboxylic acids is 1. The van der Waals surface area contributed by atoms with Gasteiger partial charge in [-0.25, -0.2) is 9.63 Å². The molecule has 3 N–H and O–H groups in total. The minimum absolute atomic E-state index is 0.0938. The molecule has 0 aromatic rings. The molecule has 0 spiro atoms. The molecule has 0 saturated carbocycles. The molecule has 1 atom stereocenters. The van der Waals surface area contributed by atoms with Crippen molar-refractivity contribution in [3.05, 3.63) is 0 Å². The summed E-state index contributed by atoms with van der Waals surface area (Å²) in [6, 6.07) is -0.840. The van der Waals surface area contributed by atoms with Crippen molar-refractivity contribution < 1.29 is 14.7 Å². The maximum Gasteiger partial charge on any atom is 0.326 e. The lowest BCUT2D eigenvalue weighted by Crippen LogP contribution is -2.44. The van der Waals surface area contributed by atoms with Crippen LogP contribution in [0.5, 0.6) is 0 Å². The first-order valence-electron chi connectivity index (χ1n) is 4.33. The number of carboxylic acids is 1. The number of carbonyl (C=O) groups is 2. The van der Waals surface area contributed by atoms with E-state index in [9.17, 15) is 9.59 Å². The van der Waals surface area contributed by atoms with E-state index >= 15 is 0 Å². The first kappa shape index (κ1) is 13.2. The molecule has 0 aromatic carbocycles. The molecular weight excluding hydrogens is 208 g/mol. The van der Waals surface area contributed by atoms with Crippen LogP contribution >= 0.6 is 11.8 Å².